The zero-order valence-electron chi connectivity index (χ0n) is 12.0. The third kappa shape index (κ3) is 3.50. The highest BCUT2D eigenvalue weighted by atomic mass is 19.1. The van der Waals surface area contributed by atoms with Crippen LogP contribution in [0.25, 0.3) is 0 Å². The molecule has 1 aliphatic carbocycles. The molecular weight excluding hydrogens is 257 g/mol. The van der Waals surface area contributed by atoms with E-state index in [2.05, 4.69) is 0 Å². The van der Waals surface area contributed by atoms with Gasteiger partial charge in [-0.05, 0) is 37.0 Å². The van der Waals surface area contributed by atoms with Gasteiger partial charge in [0.15, 0.2) is 0 Å². The lowest BCUT2D eigenvalue weighted by Gasteiger charge is -2.22. The average Bonchev–Trinajstić information content (AvgIpc) is 2.44. The van der Waals surface area contributed by atoms with Crippen LogP contribution in [0.3, 0.4) is 0 Å². The Kier molecular flexibility index (Phi) is 4.99. The molecule has 3 nitrogen and oxygen atoms in total. The highest BCUT2D eigenvalue weighted by Crippen LogP contribution is 2.29. The minimum Gasteiger partial charge on any atom is -0.462 e. The van der Waals surface area contributed by atoms with Gasteiger partial charge >= 0.3 is 5.97 Å². The number of benzene rings is 1. The van der Waals surface area contributed by atoms with Crippen molar-refractivity contribution in [2.24, 2.45) is 5.92 Å². The maximum atomic E-state index is 14.0. The summed E-state index contributed by atoms with van der Waals surface area (Å²) >= 11 is 0. The summed E-state index contributed by atoms with van der Waals surface area (Å²) in [6, 6.07) is 2.81. The fraction of sp³-hybridized carbons (Fsp3) is 0.562. The molecule has 0 aromatic heterocycles. The van der Waals surface area contributed by atoms with E-state index in [0.717, 1.165) is 12.0 Å². The number of hydrogen-bond acceptors (Lipinski definition) is 3. The van der Waals surface area contributed by atoms with Gasteiger partial charge in [0, 0.05) is 5.69 Å². The van der Waals surface area contributed by atoms with E-state index in [1.807, 2.05) is 0 Å². The molecule has 1 aliphatic rings. The predicted octanol–water partition coefficient (Wildman–Crippen LogP) is 3.71. The van der Waals surface area contributed by atoms with Gasteiger partial charge in [0.05, 0.1) is 12.2 Å². The maximum absolute atomic E-state index is 14.0. The van der Waals surface area contributed by atoms with Crippen molar-refractivity contribution in [2.75, 3.05) is 12.3 Å². The number of carbonyl (C=O) groups excluding carboxylic acids is 1. The molecule has 1 aromatic rings. The largest absolute Gasteiger partial charge is 0.462 e. The van der Waals surface area contributed by atoms with E-state index in [1.165, 1.54) is 44.2 Å². The van der Waals surface area contributed by atoms with Gasteiger partial charge in [-0.1, -0.05) is 32.1 Å². The molecule has 110 valence electrons. The molecule has 0 bridgehead atoms. The van der Waals surface area contributed by atoms with Crippen LogP contribution in [-0.4, -0.2) is 12.6 Å². The standard InChI is InChI=1S/C16H22FNO2/c1-2-20-16(19)13-10-15(18)12(9-14(13)17)8-11-6-4-3-5-7-11/h9-11H,2-8,18H2,1H3. The first-order valence-electron chi connectivity index (χ1n) is 7.36. The van der Waals surface area contributed by atoms with Crippen molar-refractivity contribution in [2.45, 2.75) is 45.4 Å². The van der Waals surface area contributed by atoms with Crippen LogP contribution in [0.2, 0.25) is 0 Å². The SMILES string of the molecule is CCOC(=O)c1cc(N)c(CC2CCCCC2)cc1F. The molecule has 0 unspecified atom stereocenters. The Morgan fingerprint density at radius 1 is 1.35 bits per heavy atom. The van der Waals surface area contributed by atoms with Crippen LogP contribution < -0.4 is 5.73 Å². The minimum atomic E-state index is -0.652. The summed E-state index contributed by atoms with van der Waals surface area (Å²) in [6.45, 7) is 1.92. The third-order valence-electron chi connectivity index (χ3n) is 3.96. The molecule has 0 heterocycles. The quantitative estimate of drug-likeness (QED) is 0.675. The van der Waals surface area contributed by atoms with Crippen molar-refractivity contribution in [1.29, 1.82) is 0 Å². The summed E-state index contributed by atoms with van der Waals surface area (Å²) in [5.41, 5.74) is 7.19. The van der Waals surface area contributed by atoms with Crippen molar-refractivity contribution in [1.82, 2.24) is 0 Å². The molecule has 4 heteroatoms. The number of carbonyl (C=O) groups is 1. The number of anilines is 1. The molecule has 0 aliphatic heterocycles. The second kappa shape index (κ2) is 6.73. The second-order valence-corrected chi connectivity index (χ2v) is 5.46. The van der Waals surface area contributed by atoms with E-state index in [4.69, 9.17) is 10.5 Å². The zero-order valence-corrected chi connectivity index (χ0v) is 12.0. The topological polar surface area (TPSA) is 52.3 Å². The molecule has 20 heavy (non-hydrogen) atoms. The third-order valence-corrected chi connectivity index (χ3v) is 3.96. The molecule has 2 rings (SSSR count). The fourth-order valence-electron chi connectivity index (χ4n) is 2.88. The number of nitrogens with two attached hydrogens (primary N) is 1. The average molecular weight is 279 g/mol. The van der Waals surface area contributed by atoms with Crippen LogP contribution in [0.15, 0.2) is 12.1 Å². The van der Waals surface area contributed by atoms with Crippen LogP contribution in [0, 0.1) is 11.7 Å². The van der Waals surface area contributed by atoms with Gasteiger partial charge in [-0.3, -0.25) is 0 Å². The normalized spacial score (nSPS) is 16.1. The molecule has 0 radical (unpaired) electrons. The number of halogens is 1. The lowest BCUT2D eigenvalue weighted by Crippen LogP contribution is -2.13. The van der Waals surface area contributed by atoms with E-state index >= 15 is 0 Å². The van der Waals surface area contributed by atoms with Crippen LogP contribution in [0.4, 0.5) is 10.1 Å². The molecule has 1 aromatic carbocycles. The van der Waals surface area contributed by atoms with Gasteiger partial charge in [0.25, 0.3) is 0 Å². The van der Waals surface area contributed by atoms with Gasteiger partial charge < -0.3 is 10.5 Å². The second-order valence-electron chi connectivity index (χ2n) is 5.46. The first-order chi connectivity index (χ1) is 9.61. The van der Waals surface area contributed by atoms with Gasteiger partial charge in [-0.25, -0.2) is 9.18 Å². The van der Waals surface area contributed by atoms with E-state index in [0.29, 0.717) is 11.6 Å². The number of nitrogen functional groups attached to an aromatic ring is 1. The molecule has 0 amide bonds. The summed E-state index contributed by atoms with van der Waals surface area (Å²) in [7, 11) is 0. The lowest BCUT2D eigenvalue weighted by molar-refractivity contribution is 0.0521. The Balaban J connectivity index is 2.14. The Hall–Kier alpha value is -1.58. The Bertz CT molecular complexity index is 482. The molecule has 1 fully saturated rings. The smallest absolute Gasteiger partial charge is 0.341 e. The summed E-state index contributed by atoms with van der Waals surface area (Å²) < 4.78 is 18.8. The van der Waals surface area contributed by atoms with Crippen molar-refractivity contribution in [3.05, 3.63) is 29.1 Å². The van der Waals surface area contributed by atoms with Gasteiger partial charge in [-0.15, -0.1) is 0 Å². The van der Waals surface area contributed by atoms with E-state index < -0.39 is 11.8 Å². The molecule has 0 saturated heterocycles. The van der Waals surface area contributed by atoms with Crippen molar-refractivity contribution >= 4 is 11.7 Å². The van der Waals surface area contributed by atoms with E-state index in [9.17, 15) is 9.18 Å². The Labute approximate surface area is 119 Å². The zero-order chi connectivity index (χ0) is 14.5. The number of esters is 1. The van der Waals surface area contributed by atoms with Crippen molar-refractivity contribution in [3.8, 4) is 0 Å². The lowest BCUT2D eigenvalue weighted by atomic mass is 9.84. The first kappa shape index (κ1) is 14.8. The maximum Gasteiger partial charge on any atom is 0.341 e. The van der Waals surface area contributed by atoms with E-state index in [1.54, 1.807) is 6.92 Å². The molecule has 0 atom stereocenters. The number of rotatable bonds is 4. The monoisotopic (exact) mass is 279 g/mol. The Morgan fingerprint density at radius 3 is 2.70 bits per heavy atom. The highest BCUT2D eigenvalue weighted by molar-refractivity contribution is 5.91. The fourth-order valence-corrected chi connectivity index (χ4v) is 2.88. The molecule has 2 N–H and O–H groups in total. The van der Waals surface area contributed by atoms with Crippen molar-refractivity contribution in [3.63, 3.8) is 0 Å². The Morgan fingerprint density at radius 2 is 2.05 bits per heavy atom. The molecular formula is C16H22FNO2. The highest BCUT2D eigenvalue weighted by Gasteiger charge is 2.19. The number of hydrogen-bond donors (Lipinski definition) is 1. The van der Waals surface area contributed by atoms with Crippen LogP contribution in [0.5, 0.6) is 0 Å². The van der Waals surface area contributed by atoms with Gasteiger partial charge in [0.1, 0.15) is 5.82 Å². The minimum absolute atomic E-state index is 0.0725. The van der Waals surface area contributed by atoms with E-state index in [-0.39, 0.29) is 12.2 Å². The molecule has 1 saturated carbocycles. The summed E-state index contributed by atoms with van der Waals surface area (Å²) in [6.07, 6.45) is 6.94. The first-order valence-corrected chi connectivity index (χ1v) is 7.36. The van der Waals surface area contributed by atoms with Gasteiger partial charge in [-0.2, -0.15) is 0 Å². The van der Waals surface area contributed by atoms with Crippen LogP contribution >= 0.6 is 0 Å². The summed E-state index contributed by atoms with van der Waals surface area (Å²) in [5.74, 6) is -0.608. The van der Waals surface area contributed by atoms with Crippen LogP contribution in [0.1, 0.15) is 54.9 Å². The van der Waals surface area contributed by atoms with Crippen LogP contribution in [-0.2, 0) is 11.2 Å². The summed E-state index contributed by atoms with van der Waals surface area (Å²) in [5, 5.41) is 0. The summed E-state index contributed by atoms with van der Waals surface area (Å²) in [4.78, 5) is 11.6. The van der Waals surface area contributed by atoms with Crippen molar-refractivity contribution < 1.29 is 13.9 Å². The predicted molar refractivity (Wildman–Crippen MR) is 77.0 cm³/mol. The van der Waals surface area contributed by atoms with Gasteiger partial charge in [0.2, 0.25) is 0 Å². The molecule has 0 spiro atoms. The number of ether oxygens (including phenoxy) is 1.